The summed E-state index contributed by atoms with van der Waals surface area (Å²) in [4.78, 5) is 215. The van der Waals surface area contributed by atoms with Crippen LogP contribution in [0.1, 0.15) is 77.0 Å². The molecular formula is C84H110N10O46. The maximum atomic E-state index is 11.7. The molecule has 0 unspecified atom stereocenters. The fourth-order valence-electron chi connectivity index (χ4n) is 9.62. The minimum atomic E-state index is -0.980. The van der Waals surface area contributed by atoms with Gasteiger partial charge in [0.15, 0.2) is 0 Å². The fraction of sp³-hybridized carbons (Fsp3) is 0.524. The van der Waals surface area contributed by atoms with Gasteiger partial charge in [-0.3, -0.25) is 68.3 Å². The molecule has 0 aliphatic carbocycles. The number of unbranched alkanes of at least 4 members (excludes halogenated alkanes) is 2. The summed E-state index contributed by atoms with van der Waals surface area (Å²) in [5.41, 5.74) is 1.98. The van der Waals surface area contributed by atoms with Crippen LogP contribution >= 0.6 is 0 Å². The highest BCUT2D eigenvalue weighted by Crippen LogP contribution is 2.21. The monoisotopic (exact) mass is 1990 g/mol. The number of carbonyl (C=O) groups is 16. The molecule has 772 valence electrons. The van der Waals surface area contributed by atoms with Gasteiger partial charge in [-0.25, -0.2) is 28.8 Å². The number of amides is 4. The quantitative estimate of drug-likeness (QED) is 0.00603. The SMILES string of the molecule is O=C(CCCOCCOCCCC(=O)ON1C(=O)CCC1=O)ON1C(=O)CCC1=O.O=C(OCCOCCOCCOC(=O)Oc1ccc([N+](=O)[O-])cc1)Oc1ccc([N+](=O)[O-])cc1.O=C(OCCOCCOCCOC(=O)On1nnc2ccccc21)On1nnc2ccccc21.O=CCCCOCCOCCCC=O.O=COCCOCCOCCOC=O.O=COCCOCCOCCOC=O. The number of carbonyl (C=O) groups excluding carboxylic acids is 16. The van der Waals surface area contributed by atoms with E-state index in [0.717, 1.165) is 35.1 Å². The Labute approximate surface area is 797 Å². The van der Waals surface area contributed by atoms with Crippen LogP contribution in [0.2, 0.25) is 0 Å². The number of para-hydroxylation sites is 2. The van der Waals surface area contributed by atoms with Gasteiger partial charge in [-0.2, -0.15) is 0 Å². The van der Waals surface area contributed by atoms with Crippen LogP contribution in [0.15, 0.2) is 97.1 Å². The normalized spacial score (nSPS) is 11.6. The second kappa shape index (κ2) is 80.6. The minimum Gasteiger partial charge on any atom is -0.465 e. The standard InChI is InChI=1S/C20H20N6O8.C20H20N2O12.C18H24N2O10.C10H18O4.2C8H14O6/c27-19(33-25-17-7-3-1-5-15(17)21-23-25)31-13-11-29-9-10-30-12-14-32-20(28)34-26-18-8-4-2-6-16(18)22-24-26;23-19(33-17-5-1-15(2-6-17)21(25)26)31-13-11-29-9-10-30-12-14-32-20(24)34-18-7-3-16(4-8-18)22(27)28;21-13-5-6-14(22)19(13)29-17(25)3-1-9-27-11-12-28-10-2-4-18(26)30-20-15(23)7-8-16(20)24;11-5-1-3-7-13-9-10-14-8-4-2-6-12;2*9-7-13-5-3-11-1-2-12-4-6-14-8-10/h2*1-8H,9-14H2;1-12H2;5-6H,1-4,7-10H2;2*7-8H,1-6H2. The van der Waals surface area contributed by atoms with Crippen molar-refractivity contribution in [3.63, 3.8) is 0 Å². The van der Waals surface area contributed by atoms with Gasteiger partial charge in [0.1, 0.15) is 99.0 Å². The lowest BCUT2D eigenvalue weighted by molar-refractivity contribution is -0.385. The molecule has 0 radical (unpaired) electrons. The summed E-state index contributed by atoms with van der Waals surface area (Å²) in [7, 11) is 0. The Hall–Kier alpha value is -14.5. The zero-order valence-corrected chi connectivity index (χ0v) is 76.1. The number of non-ortho nitro benzene ring substituents is 2. The third kappa shape index (κ3) is 60.2. The Morgan fingerprint density at radius 1 is 0.307 bits per heavy atom. The van der Waals surface area contributed by atoms with E-state index in [-0.39, 0.29) is 194 Å². The Kier molecular flexibility index (Phi) is 68.9. The van der Waals surface area contributed by atoms with Crippen LogP contribution in [0.3, 0.4) is 0 Å². The van der Waals surface area contributed by atoms with E-state index in [2.05, 4.69) is 39.6 Å². The van der Waals surface area contributed by atoms with Crippen molar-refractivity contribution in [2.45, 2.75) is 77.0 Å². The zero-order chi connectivity index (χ0) is 102. The molecule has 56 nitrogen and oxygen atoms in total. The molecule has 8 rings (SSSR count). The first-order valence-corrected chi connectivity index (χ1v) is 42.8. The van der Waals surface area contributed by atoms with Gasteiger partial charge in [-0.05, 0) is 84.6 Å². The van der Waals surface area contributed by atoms with Crippen molar-refractivity contribution in [3.05, 3.63) is 117 Å². The number of nitro benzene ring substituents is 2. The van der Waals surface area contributed by atoms with Crippen molar-refractivity contribution >= 4 is 132 Å². The summed E-state index contributed by atoms with van der Waals surface area (Å²) in [5.74, 6) is -3.24. The van der Waals surface area contributed by atoms with Crippen LogP contribution in [-0.4, -0.2) is 360 Å². The number of nitrogens with zero attached hydrogens (tertiary/aromatic N) is 10. The number of rotatable bonds is 70. The third-order valence-electron chi connectivity index (χ3n) is 16.1. The number of aromatic nitrogens is 6. The number of imide groups is 2. The van der Waals surface area contributed by atoms with E-state index in [4.69, 9.17) is 105 Å². The molecule has 2 saturated heterocycles. The largest absolute Gasteiger partial charge is 0.535 e. The molecule has 6 aromatic rings. The van der Waals surface area contributed by atoms with Crippen molar-refractivity contribution in [3.8, 4) is 11.5 Å². The lowest BCUT2D eigenvalue weighted by atomic mass is 10.3. The number of nitro groups is 2. The number of hydroxylamine groups is 4. The highest BCUT2D eigenvalue weighted by Gasteiger charge is 2.34. The van der Waals surface area contributed by atoms with E-state index in [1.54, 1.807) is 48.5 Å². The second-order valence-corrected chi connectivity index (χ2v) is 26.3. The fourth-order valence-corrected chi connectivity index (χ4v) is 9.62. The van der Waals surface area contributed by atoms with Crippen LogP contribution in [0, 0.1) is 20.2 Å². The van der Waals surface area contributed by atoms with E-state index >= 15 is 0 Å². The highest BCUT2D eigenvalue weighted by atomic mass is 16.8. The third-order valence-corrected chi connectivity index (χ3v) is 16.1. The molecule has 2 aliphatic heterocycles. The Morgan fingerprint density at radius 2 is 0.557 bits per heavy atom. The molecule has 0 saturated carbocycles. The van der Waals surface area contributed by atoms with Crippen molar-refractivity contribution in [1.29, 1.82) is 0 Å². The number of aldehydes is 2. The molecule has 4 amide bonds. The summed E-state index contributed by atoms with van der Waals surface area (Å²) in [5, 5.41) is 37.3. The van der Waals surface area contributed by atoms with Crippen LogP contribution in [0.25, 0.3) is 22.1 Å². The van der Waals surface area contributed by atoms with Crippen molar-refractivity contribution < 1.29 is 210 Å². The van der Waals surface area contributed by atoms with Gasteiger partial charge in [-0.15, -0.1) is 20.3 Å². The molecule has 0 atom stereocenters. The molecule has 0 bridgehead atoms. The molecule has 0 N–H and O–H groups in total. The number of hydrogen-bond acceptors (Lipinski definition) is 50. The van der Waals surface area contributed by atoms with Gasteiger partial charge in [0.2, 0.25) is 0 Å². The van der Waals surface area contributed by atoms with Crippen molar-refractivity contribution in [2.75, 3.05) is 211 Å². The van der Waals surface area contributed by atoms with Gasteiger partial charge >= 0.3 is 36.6 Å². The Balaban J connectivity index is 0.000000451. The number of fused-ring (bicyclic) bond motifs is 2. The van der Waals surface area contributed by atoms with Gasteiger partial charge in [-0.1, -0.05) is 34.0 Å². The van der Waals surface area contributed by atoms with Crippen molar-refractivity contribution in [2.24, 2.45) is 0 Å². The first-order chi connectivity index (χ1) is 68.2. The van der Waals surface area contributed by atoms with Gasteiger partial charge in [0.25, 0.3) is 60.9 Å². The smallest absolute Gasteiger partial charge is 0.465 e. The highest BCUT2D eigenvalue weighted by molar-refractivity contribution is 6.02. The van der Waals surface area contributed by atoms with Gasteiger partial charge in [0.05, 0.1) is 155 Å². The molecule has 2 aromatic heterocycles. The van der Waals surface area contributed by atoms with Crippen molar-refractivity contribution in [1.82, 2.24) is 40.4 Å². The topological polar surface area (TPSA) is 667 Å². The van der Waals surface area contributed by atoms with Crippen LogP contribution in [0.4, 0.5) is 30.6 Å². The predicted molar refractivity (Wildman–Crippen MR) is 462 cm³/mol. The molecular weight excluding hydrogens is 1880 g/mol. The molecule has 0 spiro atoms. The van der Waals surface area contributed by atoms with E-state index in [0.29, 0.717) is 163 Å². The summed E-state index contributed by atoms with van der Waals surface area (Å²) in [6.07, 6.45) is 1.52. The molecule has 140 heavy (non-hydrogen) atoms. The average Bonchev–Trinajstić information content (AvgIpc) is 1.69. The van der Waals surface area contributed by atoms with E-state index < -0.39 is 70.0 Å². The minimum absolute atomic E-state index is 0.00204. The average molecular weight is 2000 g/mol. The summed E-state index contributed by atoms with van der Waals surface area (Å²) in [6, 6.07) is 23.9. The number of ether oxygens (including phenoxy) is 22. The van der Waals surface area contributed by atoms with Crippen LogP contribution < -0.4 is 19.1 Å². The molecule has 4 aromatic carbocycles. The first kappa shape index (κ1) is 120. The lowest BCUT2D eigenvalue weighted by Crippen LogP contribution is -2.32. The van der Waals surface area contributed by atoms with Crippen LogP contribution in [-0.2, 0) is 162 Å². The summed E-state index contributed by atoms with van der Waals surface area (Å²) in [6.45, 7) is 10.1. The van der Waals surface area contributed by atoms with E-state index in [1.807, 2.05) is 0 Å². The Morgan fingerprint density at radius 3 is 0.829 bits per heavy atom. The van der Waals surface area contributed by atoms with Crippen LogP contribution in [0.5, 0.6) is 11.5 Å². The van der Waals surface area contributed by atoms with Gasteiger partial charge in [0, 0.05) is 89.2 Å². The predicted octanol–water partition coefficient (Wildman–Crippen LogP) is 3.81. The maximum Gasteiger partial charge on any atom is 0.535 e. The second-order valence-electron chi connectivity index (χ2n) is 26.3. The molecule has 56 heteroatoms. The van der Waals surface area contributed by atoms with E-state index in [9.17, 15) is 96.9 Å². The molecule has 2 aliphatic rings. The Bertz CT molecular complexity index is 4180. The summed E-state index contributed by atoms with van der Waals surface area (Å²) >= 11 is 0. The number of hydrogen-bond donors (Lipinski definition) is 0. The zero-order valence-electron chi connectivity index (χ0n) is 76.1. The molecule has 2 fully saturated rings. The van der Waals surface area contributed by atoms with E-state index in [1.165, 1.54) is 48.5 Å². The molecule has 4 heterocycles. The summed E-state index contributed by atoms with van der Waals surface area (Å²) < 4.78 is 109. The maximum absolute atomic E-state index is 11.7. The first-order valence-electron chi connectivity index (χ1n) is 42.8. The lowest BCUT2D eigenvalue weighted by Gasteiger charge is -2.12. The number of benzene rings is 4. The van der Waals surface area contributed by atoms with Gasteiger partial charge < -0.3 is 123 Å².